The number of carbonyl (C=O) groups excluding carboxylic acids is 1. The van der Waals surface area contributed by atoms with Gasteiger partial charge in [0.25, 0.3) is 0 Å². The van der Waals surface area contributed by atoms with Gasteiger partial charge in [-0.2, -0.15) is 36.3 Å². The number of halogens is 10. The van der Waals surface area contributed by atoms with Gasteiger partial charge < -0.3 is 14.2 Å². The predicted octanol–water partition coefficient (Wildman–Crippen LogP) is 5.27. The Kier molecular flexibility index (Phi) is 8.98. The van der Waals surface area contributed by atoms with Crippen LogP contribution in [-0.2, 0) is 0 Å². The van der Waals surface area contributed by atoms with E-state index < -0.39 is 74.6 Å². The van der Waals surface area contributed by atoms with E-state index in [9.17, 15) is 48.7 Å². The molecule has 0 aliphatic heterocycles. The summed E-state index contributed by atoms with van der Waals surface area (Å²) in [4.78, 5) is 19.9. The van der Waals surface area contributed by atoms with Crippen molar-refractivity contribution in [1.29, 1.82) is 0 Å². The molecule has 0 bridgehead atoms. The molecule has 0 radical (unpaired) electrons. The molecule has 0 aliphatic rings. The number of nitrogens with one attached hydrogen (secondary N) is 1. The molecule has 0 unspecified atom stereocenters. The van der Waals surface area contributed by atoms with E-state index >= 15 is 0 Å². The number of benzene rings is 1. The monoisotopic (exact) mass is 540 g/mol. The Morgan fingerprint density at radius 3 is 2.00 bits per heavy atom. The summed E-state index contributed by atoms with van der Waals surface area (Å²) >= 11 is 0. The highest BCUT2D eigenvalue weighted by Crippen LogP contribution is 2.27. The summed E-state index contributed by atoms with van der Waals surface area (Å²) in [7, 11) is 0. The summed E-state index contributed by atoms with van der Waals surface area (Å²) in [5.41, 5.74) is -0.143. The van der Waals surface area contributed by atoms with E-state index in [-0.39, 0.29) is 5.69 Å². The largest absolute Gasteiger partial charge is 0.573 e. The van der Waals surface area contributed by atoms with Gasteiger partial charge in [-0.1, -0.05) is 0 Å². The molecule has 18 heteroatoms. The maximum absolute atomic E-state index is 13.0. The number of ether oxygens (including phenoxy) is 3. The molecule has 2 aromatic rings. The first-order chi connectivity index (χ1) is 16.5. The number of alkyl halides is 10. The van der Waals surface area contributed by atoms with Crippen LogP contribution in [-0.4, -0.2) is 61.1 Å². The van der Waals surface area contributed by atoms with Gasteiger partial charge in [0.15, 0.2) is 13.2 Å². The van der Waals surface area contributed by atoms with Gasteiger partial charge >= 0.3 is 30.8 Å². The molecule has 1 heterocycles. The topological polar surface area (TPSA) is 85.8 Å². The van der Waals surface area contributed by atoms with Crippen molar-refractivity contribution in [3.63, 3.8) is 0 Å². The molecule has 0 aliphatic carbocycles. The third kappa shape index (κ3) is 10.3. The summed E-state index contributed by atoms with van der Waals surface area (Å²) in [5, 5.41) is 1.99. The summed E-state index contributed by atoms with van der Waals surface area (Å²) < 4.78 is 137. The van der Waals surface area contributed by atoms with E-state index in [1.54, 1.807) is 0 Å². The van der Waals surface area contributed by atoms with E-state index in [4.69, 9.17) is 0 Å². The quantitative estimate of drug-likeness (QED) is 0.437. The normalized spacial score (nSPS) is 12.2. The number of anilines is 2. The molecule has 1 aromatic carbocycles. The van der Waals surface area contributed by atoms with Gasteiger partial charge in [-0.25, -0.2) is 9.18 Å². The molecule has 1 N–H and O–H groups in total. The van der Waals surface area contributed by atoms with Crippen molar-refractivity contribution in [1.82, 2.24) is 9.97 Å². The Hall–Kier alpha value is -3.73. The van der Waals surface area contributed by atoms with Crippen molar-refractivity contribution in [2.45, 2.75) is 18.7 Å². The Balaban J connectivity index is 2.26. The SMILES string of the molecule is O=C(Nc1cc(OCC(F)(F)F)nc(OCC(F)(F)F)n1)N(CCF)c1ccc(OC(F)(F)F)cc1. The van der Waals surface area contributed by atoms with Crippen LogP contribution in [0.5, 0.6) is 17.6 Å². The average molecular weight is 540 g/mol. The lowest BCUT2D eigenvalue weighted by Gasteiger charge is -2.22. The van der Waals surface area contributed by atoms with E-state index in [2.05, 4.69) is 24.2 Å². The lowest BCUT2D eigenvalue weighted by molar-refractivity contribution is -0.274. The molecule has 2 amide bonds. The van der Waals surface area contributed by atoms with E-state index in [1.165, 1.54) is 0 Å². The summed E-state index contributed by atoms with van der Waals surface area (Å²) in [5.74, 6) is -2.26. The Morgan fingerprint density at radius 1 is 0.889 bits per heavy atom. The molecule has 0 saturated carbocycles. The second-order valence-electron chi connectivity index (χ2n) is 6.49. The van der Waals surface area contributed by atoms with Crippen molar-refractivity contribution in [2.75, 3.05) is 36.6 Å². The molecular weight excluding hydrogens is 526 g/mol. The Morgan fingerprint density at radius 2 is 1.47 bits per heavy atom. The summed E-state index contributed by atoms with van der Waals surface area (Å²) in [6.07, 6.45) is -14.7. The van der Waals surface area contributed by atoms with Crippen molar-refractivity contribution in [3.05, 3.63) is 30.3 Å². The molecule has 8 nitrogen and oxygen atoms in total. The number of carbonyl (C=O) groups is 1. The van der Waals surface area contributed by atoms with E-state index in [1.807, 2.05) is 5.32 Å². The lowest BCUT2D eigenvalue weighted by atomic mass is 10.2. The number of rotatable bonds is 9. The fraction of sp³-hybridized carbons (Fsp3) is 0.389. The van der Waals surface area contributed by atoms with Crippen LogP contribution < -0.4 is 24.4 Å². The molecule has 1 aromatic heterocycles. The van der Waals surface area contributed by atoms with Crippen LogP contribution in [0.3, 0.4) is 0 Å². The molecular formula is C18H14F10N4O4. The number of urea groups is 1. The van der Waals surface area contributed by atoms with E-state index in [0.717, 1.165) is 24.3 Å². The highest BCUT2D eigenvalue weighted by atomic mass is 19.4. The van der Waals surface area contributed by atoms with Crippen LogP contribution in [0.25, 0.3) is 0 Å². The second kappa shape index (κ2) is 11.3. The zero-order valence-electron chi connectivity index (χ0n) is 17.5. The van der Waals surface area contributed by atoms with Gasteiger partial charge in [0, 0.05) is 11.8 Å². The molecule has 2 rings (SSSR count). The Labute approximate surface area is 194 Å². The van der Waals surface area contributed by atoms with Gasteiger partial charge in [0.2, 0.25) is 5.88 Å². The highest BCUT2D eigenvalue weighted by molar-refractivity contribution is 6.01. The van der Waals surface area contributed by atoms with Gasteiger partial charge in [-0.3, -0.25) is 10.2 Å². The standard InChI is InChI=1S/C18H14F10N4O4/c19-5-6-32(10-1-3-11(4-2-10)36-18(26,27)28)15(33)30-12-7-13(34-8-16(20,21)22)31-14(29-12)35-9-17(23,24)25/h1-4,7H,5-6,8-9H2,(H,29,30,31,33). The van der Waals surface area contributed by atoms with Crippen LogP contribution >= 0.6 is 0 Å². The predicted molar refractivity (Wildman–Crippen MR) is 101 cm³/mol. The number of amides is 2. The smallest absolute Gasteiger partial charge is 0.468 e. The first kappa shape index (κ1) is 28.5. The first-order valence-electron chi connectivity index (χ1n) is 9.33. The van der Waals surface area contributed by atoms with Crippen molar-refractivity contribution < 1.29 is 62.9 Å². The molecule has 0 fully saturated rings. The molecule has 200 valence electrons. The number of hydrogen-bond donors (Lipinski definition) is 1. The zero-order valence-corrected chi connectivity index (χ0v) is 17.5. The van der Waals surface area contributed by atoms with Crippen molar-refractivity contribution in [3.8, 4) is 17.6 Å². The minimum absolute atomic E-state index is 0.143. The third-order valence-corrected chi connectivity index (χ3v) is 3.60. The minimum atomic E-state index is -5.00. The highest BCUT2D eigenvalue weighted by Gasteiger charge is 2.32. The van der Waals surface area contributed by atoms with Crippen LogP contribution in [0.2, 0.25) is 0 Å². The van der Waals surface area contributed by atoms with Crippen LogP contribution in [0.1, 0.15) is 0 Å². The summed E-state index contributed by atoms with van der Waals surface area (Å²) in [6.45, 7) is -5.61. The summed E-state index contributed by atoms with van der Waals surface area (Å²) in [6, 6.07) is 1.87. The minimum Gasteiger partial charge on any atom is -0.468 e. The van der Waals surface area contributed by atoms with Crippen molar-refractivity contribution in [2.24, 2.45) is 0 Å². The third-order valence-electron chi connectivity index (χ3n) is 3.60. The van der Waals surface area contributed by atoms with Gasteiger partial charge in [-0.15, -0.1) is 13.2 Å². The maximum Gasteiger partial charge on any atom is 0.573 e. The zero-order chi connectivity index (χ0) is 27.1. The molecule has 0 saturated heterocycles. The fourth-order valence-corrected chi connectivity index (χ4v) is 2.35. The van der Waals surface area contributed by atoms with Crippen LogP contribution in [0, 0.1) is 0 Å². The van der Waals surface area contributed by atoms with Crippen molar-refractivity contribution >= 4 is 17.5 Å². The molecule has 36 heavy (non-hydrogen) atoms. The van der Waals surface area contributed by atoms with Gasteiger partial charge in [0.1, 0.15) is 18.2 Å². The number of nitrogens with zero attached hydrogens (tertiary/aromatic N) is 3. The first-order valence-corrected chi connectivity index (χ1v) is 9.33. The number of hydrogen-bond acceptors (Lipinski definition) is 6. The Bertz CT molecular complexity index is 977. The second-order valence-corrected chi connectivity index (χ2v) is 6.49. The van der Waals surface area contributed by atoms with Crippen LogP contribution in [0.15, 0.2) is 30.3 Å². The van der Waals surface area contributed by atoms with Gasteiger partial charge in [-0.05, 0) is 24.3 Å². The molecule has 0 spiro atoms. The van der Waals surface area contributed by atoms with Gasteiger partial charge in [0.05, 0.1) is 6.54 Å². The number of aromatic nitrogens is 2. The molecule has 0 atom stereocenters. The van der Waals surface area contributed by atoms with E-state index in [0.29, 0.717) is 11.0 Å². The fourth-order valence-electron chi connectivity index (χ4n) is 2.35. The van der Waals surface area contributed by atoms with Crippen LogP contribution in [0.4, 0.5) is 60.2 Å². The lowest BCUT2D eigenvalue weighted by Crippen LogP contribution is -2.37. The maximum atomic E-state index is 13.0. The average Bonchev–Trinajstić information content (AvgIpc) is 2.73.